The Balaban J connectivity index is 2.03. The summed E-state index contributed by atoms with van der Waals surface area (Å²) >= 11 is 18.3. The molecule has 1 aliphatic heterocycles. The highest BCUT2D eigenvalue weighted by atomic mass is 35.5. The highest BCUT2D eigenvalue weighted by Gasteiger charge is 2.42. The van der Waals surface area contributed by atoms with E-state index in [9.17, 15) is 14.7 Å². The quantitative estimate of drug-likeness (QED) is 0.649. The molecule has 2 heterocycles. The second-order valence-electron chi connectivity index (χ2n) is 6.57. The average Bonchev–Trinajstić information content (AvgIpc) is 2.93. The van der Waals surface area contributed by atoms with Crippen LogP contribution in [-0.4, -0.2) is 29.1 Å². The molecule has 1 amide bonds. The van der Waals surface area contributed by atoms with Crippen molar-refractivity contribution in [1.82, 2.24) is 4.90 Å². The van der Waals surface area contributed by atoms with E-state index in [1.54, 1.807) is 37.3 Å². The summed E-state index contributed by atoms with van der Waals surface area (Å²) in [5.41, 5.74) is 1.47. The molecule has 5 nitrogen and oxygen atoms in total. The Bertz CT molecular complexity index is 1190. The fourth-order valence-corrected chi connectivity index (χ4v) is 3.98. The lowest BCUT2D eigenvalue weighted by Gasteiger charge is -2.24. The molecule has 0 radical (unpaired) electrons. The molecule has 28 heavy (non-hydrogen) atoms. The standard InChI is InChI=1S/C20H14Cl3NO4/c1-9-6-15-11(8-13(9)22)18(26)16-17(10-2-3-12(21)14(23)7-10)24(4-5-25)20(27)19(16)28-15/h2-3,6-8,17,25H,4-5H2,1H3/t17-/m0/s1. The number of benzene rings is 2. The Morgan fingerprint density at radius 3 is 2.50 bits per heavy atom. The van der Waals surface area contributed by atoms with E-state index in [0.717, 1.165) is 5.56 Å². The SMILES string of the molecule is Cc1cc2oc3c(c(=O)c2cc1Cl)[C@H](c1ccc(Cl)c(Cl)c1)N(CCO)C3=O. The van der Waals surface area contributed by atoms with Gasteiger partial charge >= 0.3 is 0 Å². The number of hydrogen-bond donors (Lipinski definition) is 1. The second-order valence-corrected chi connectivity index (χ2v) is 7.79. The van der Waals surface area contributed by atoms with E-state index in [4.69, 9.17) is 39.2 Å². The smallest absolute Gasteiger partial charge is 0.290 e. The van der Waals surface area contributed by atoms with Crippen molar-refractivity contribution in [2.75, 3.05) is 13.2 Å². The van der Waals surface area contributed by atoms with Gasteiger partial charge in [-0.25, -0.2) is 0 Å². The monoisotopic (exact) mass is 437 g/mol. The van der Waals surface area contributed by atoms with Gasteiger partial charge < -0.3 is 14.4 Å². The molecule has 0 saturated heterocycles. The van der Waals surface area contributed by atoms with E-state index in [0.29, 0.717) is 20.6 Å². The third-order valence-electron chi connectivity index (χ3n) is 4.85. The van der Waals surface area contributed by atoms with Gasteiger partial charge in [0.15, 0.2) is 5.43 Å². The van der Waals surface area contributed by atoms with Gasteiger partial charge in [0, 0.05) is 11.6 Å². The average molecular weight is 439 g/mol. The molecule has 0 aliphatic carbocycles. The number of nitrogens with zero attached hydrogens (tertiary/aromatic N) is 1. The first-order valence-electron chi connectivity index (χ1n) is 8.47. The zero-order valence-electron chi connectivity index (χ0n) is 14.6. The maximum atomic E-state index is 13.3. The number of carbonyl (C=O) groups is 1. The van der Waals surface area contributed by atoms with Gasteiger partial charge in [0.25, 0.3) is 5.91 Å². The highest BCUT2D eigenvalue weighted by molar-refractivity contribution is 6.42. The number of aliphatic hydroxyl groups excluding tert-OH is 1. The lowest BCUT2D eigenvalue weighted by atomic mass is 9.98. The summed E-state index contributed by atoms with van der Waals surface area (Å²) in [5, 5.41) is 10.8. The first kappa shape index (κ1) is 19.3. The molecule has 2 aromatic carbocycles. The highest BCUT2D eigenvalue weighted by Crippen LogP contribution is 2.40. The van der Waals surface area contributed by atoms with Gasteiger partial charge in [0.1, 0.15) is 5.58 Å². The largest absolute Gasteiger partial charge is 0.450 e. The molecule has 8 heteroatoms. The van der Waals surface area contributed by atoms with E-state index in [1.807, 2.05) is 0 Å². The van der Waals surface area contributed by atoms with Crippen molar-refractivity contribution in [2.45, 2.75) is 13.0 Å². The van der Waals surface area contributed by atoms with Crippen molar-refractivity contribution in [3.05, 3.63) is 78.1 Å². The molecule has 1 aromatic heterocycles. The zero-order chi connectivity index (χ0) is 20.2. The Hall–Kier alpha value is -2.05. The van der Waals surface area contributed by atoms with Crippen LogP contribution in [0.4, 0.5) is 0 Å². The number of rotatable bonds is 3. The number of β-amino-alcohol motifs (C(OH)–C–C–N with tert-alkyl or cyclic N) is 1. The predicted octanol–water partition coefficient (Wildman–Crippen LogP) is 4.60. The van der Waals surface area contributed by atoms with Crippen LogP contribution in [-0.2, 0) is 0 Å². The number of amides is 1. The number of hydrogen-bond acceptors (Lipinski definition) is 4. The molecular formula is C20H14Cl3NO4. The van der Waals surface area contributed by atoms with E-state index in [2.05, 4.69) is 0 Å². The summed E-state index contributed by atoms with van der Waals surface area (Å²) in [7, 11) is 0. The first-order chi connectivity index (χ1) is 13.3. The van der Waals surface area contributed by atoms with Crippen LogP contribution in [0.25, 0.3) is 11.0 Å². The number of carbonyl (C=O) groups excluding carboxylic acids is 1. The maximum Gasteiger partial charge on any atom is 0.290 e. The van der Waals surface area contributed by atoms with Crippen LogP contribution in [0.3, 0.4) is 0 Å². The molecule has 0 bridgehead atoms. The molecule has 3 aromatic rings. The summed E-state index contributed by atoms with van der Waals surface area (Å²) < 4.78 is 5.82. The van der Waals surface area contributed by atoms with Crippen LogP contribution >= 0.6 is 34.8 Å². The minimum absolute atomic E-state index is 0.0313. The molecule has 1 aliphatic rings. The third kappa shape index (κ3) is 2.90. The van der Waals surface area contributed by atoms with Gasteiger partial charge in [0.2, 0.25) is 5.76 Å². The topological polar surface area (TPSA) is 70.8 Å². The molecule has 1 atom stereocenters. The van der Waals surface area contributed by atoms with Crippen molar-refractivity contribution in [3.63, 3.8) is 0 Å². The summed E-state index contributed by atoms with van der Waals surface area (Å²) in [5.74, 6) is -0.504. The normalized spacial score (nSPS) is 16.1. The minimum Gasteiger partial charge on any atom is -0.450 e. The minimum atomic E-state index is -0.745. The summed E-state index contributed by atoms with van der Waals surface area (Å²) in [6.07, 6.45) is 0. The van der Waals surface area contributed by atoms with Crippen LogP contribution in [0.15, 0.2) is 39.5 Å². The molecule has 1 N–H and O–H groups in total. The Labute approximate surface area is 175 Å². The Kier molecular flexibility index (Phi) is 4.88. The van der Waals surface area contributed by atoms with Gasteiger partial charge in [0.05, 0.1) is 33.6 Å². The van der Waals surface area contributed by atoms with Gasteiger partial charge in [-0.2, -0.15) is 0 Å². The van der Waals surface area contributed by atoms with Gasteiger partial charge in [-0.05, 0) is 42.3 Å². The van der Waals surface area contributed by atoms with Crippen molar-refractivity contribution in [1.29, 1.82) is 0 Å². The molecular weight excluding hydrogens is 425 g/mol. The predicted molar refractivity (Wildman–Crippen MR) is 109 cm³/mol. The van der Waals surface area contributed by atoms with Crippen LogP contribution in [0.2, 0.25) is 15.1 Å². The summed E-state index contributed by atoms with van der Waals surface area (Å²) in [6, 6.07) is 7.33. The lowest BCUT2D eigenvalue weighted by Crippen LogP contribution is -2.32. The summed E-state index contributed by atoms with van der Waals surface area (Å²) in [4.78, 5) is 27.7. The van der Waals surface area contributed by atoms with E-state index in [-0.39, 0.29) is 40.9 Å². The lowest BCUT2D eigenvalue weighted by molar-refractivity contribution is 0.0691. The number of aliphatic hydroxyl groups is 1. The maximum absolute atomic E-state index is 13.3. The molecule has 0 unspecified atom stereocenters. The van der Waals surface area contributed by atoms with Crippen LogP contribution in [0.1, 0.15) is 33.3 Å². The summed E-state index contributed by atoms with van der Waals surface area (Å²) in [6.45, 7) is 1.55. The first-order valence-corrected chi connectivity index (χ1v) is 9.60. The van der Waals surface area contributed by atoms with E-state index >= 15 is 0 Å². The molecule has 0 saturated carbocycles. The van der Waals surface area contributed by atoms with Crippen molar-refractivity contribution in [2.24, 2.45) is 0 Å². The molecule has 0 fully saturated rings. The van der Waals surface area contributed by atoms with E-state index < -0.39 is 11.9 Å². The fraction of sp³-hybridized carbons (Fsp3) is 0.200. The Morgan fingerprint density at radius 1 is 1.07 bits per heavy atom. The van der Waals surface area contributed by atoms with Crippen molar-refractivity contribution in [3.8, 4) is 0 Å². The number of fused-ring (bicyclic) bond motifs is 2. The van der Waals surface area contributed by atoms with Crippen LogP contribution in [0, 0.1) is 6.92 Å². The van der Waals surface area contributed by atoms with Crippen molar-refractivity contribution < 1.29 is 14.3 Å². The second kappa shape index (κ2) is 7.08. The zero-order valence-corrected chi connectivity index (χ0v) is 16.9. The molecule has 4 rings (SSSR count). The van der Waals surface area contributed by atoms with E-state index in [1.165, 1.54) is 4.90 Å². The van der Waals surface area contributed by atoms with Gasteiger partial charge in [-0.3, -0.25) is 9.59 Å². The van der Waals surface area contributed by atoms with Gasteiger partial charge in [-0.15, -0.1) is 0 Å². The third-order valence-corrected chi connectivity index (χ3v) is 5.99. The fourth-order valence-electron chi connectivity index (χ4n) is 3.51. The van der Waals surface area contributed by atoms with Crippen molar-refractivity contribution >= 4 is 51.7 Å². The van der Waals surface area contributed by atoms with Crippen LogP contribution in [0.5, 0.6) is 0 Å². The molecule has 0 spiro atoms. The Morgan fingerprint density at radius 2 is 1.82 bits per heavy atom. The van der Waals surface area contributed by atoms with Crippen LogP contribution < -0.4 is 5.43 Å². The number of aryl methyl sites for hydroxylation is 1. The molecule has 144 valence electrons. The number of halogens is 3. The van der Waals surface area contributed by atoms with Gasteiger partial charge in [-0.1, -0.05) is 40.9 Å².